The lowest BCUT2D eigenvalue weighted by Crippen LogP contribution is -2.46. The number of rotatable bonds is 6. The van der Waals surface area contributed by atoms with E-state index in [1.165, 1.54) is 0 Å². The van der Waals surface area contributed by atoms with Gasteiger partial charge in [-0.05, 0) is 57.0 Å². The quantitative estimate of drug-likeness (QED) is 0.749. The standard InChI is InChI=1S/C22H30N4O2/c1-5-23-14-12-19(25(7-3)21(23)27)17-10-9-11-18(16-17)20-13-15-24(6-2)22(28)26(20)8-4/h9-13,16H,5-8,14-15H2,1-4H3. The van der Waals surface area contributed by atoms with Crippen molar-refractivity contribution in [3.8, 4) is 0 Å². The van der Waals surface area contributed by atoms with Crippen LogP contribution in [0.5, 0.6) is 0 Å². The number of hydrogen-bond acceptors (Lipinski definition) is 2. The predicted octanol–water partition coefficient (Wildman–Crippen LogP) is 3.92. The second-order valence-electron chi connectivity index (χ2n) is 6.89. The highest BCUT2D eigenvalue weighted by Gasteiger charge is 2.29. The Morgan fingerprint density at radius 1 is 0.714 bits per heavy atom. The fraction of sp³-hybridized carbons (Fsp3) is 0.455. The minimum Gasteiger partial charge on any atom is -0.321 e. The molecule has 0 radical (unpaired) electrons. The van der Waals surface area contributed by atoms with Gasteiger partial charge < -0.3 is 9.80 Å². The Morgan fingerprint density at radius 2 is 1.14 bits per heavy atom. The summed E-state index contributed by atoms with van der Waals surface area (Å²) in [5.74, 6) is 0. The van der Waals surface area contributed by atoms with Crippen LogP contribution >= 0.6 is 0 Å². The van der Waals surface area contributed by atoms with E-state index in [-0.39, 0.29) is 12.1 Å². The number of carbonyl (C=O) groups excluding carboxylic acids is 2. The molecule has 0 atom stereocenters. The number of urea groups is 2. The highest BCUT2D eigenvalue weighted by Crippen LogP contribution is 2.29. The Bertz CT molecular complexity index is 751. The molecule has 0 aromatic heterocycles. The summed E-state index contributed by atoms with van der Waals surface area (Å²) < 4.78 is 0. The number of hydrogen-bond donors (Lipinski definition) is 0. The Labute approximate surface area is 167 Å². The Kier molecular flexibility index (Phi) is 6.07. The first kappa shape index (κ1) is 20.0. The molecule has 28 heavy (non-hydrogen) atoms. The maximum absolute atomic E-state index is 12.7. The molecule has 6 nitrogen and oxygen atoms in total. The lowest BCUT2D eigenvalue weighted by molar-refractivity contribution is 0.176. The molecule has 0 saturated carbocycles. The van der Waals surface area contributed by atoms with Crippen LogP contribution in [-0.2, 0) is 0 Å². The molecule has 1 aromatic rings. The van der Waals surface area contributed by atoms with Gasteiger partial charge in [-0.2, -0.15) is 0 Å². The van der Waals surface area contributed by atoms with Gasteiger partial charge in [0.1, 0.15) is 0 Å². The van der Waals surface area contributed by atoms with Crippen molar-refractivity contribution in [2.24, 2.45) is 0 Å². The topological polar surface area (TPSA) is 47.1 Å². The summed E-state index contributed by atoms with van der Waals surface area (Å²) in [5, 5.41) is 0. The van der Waals surface area contributed by atoms with E-state index in [1.807, 2.05) is 65.5 Å². The summed E-state index contributed by atoms with van der Waals surface area (Å²) >= 11 is 0. The molecule has 0 bridgehead atoms. The van der Waals surface area contributed by atoms with Gasteiger partial charge >= 0.3 is 12.1 Å². The van der Waals surface area contributed by atoms with Crippen molar-refractivity contribution in [2.75, 3.05) is 39.3 Å². The van der Waals surface area contributed by atoms with Crippen molar-refractivity contribution in [2.45, 2.75) is 27.7 Å². The maximum Gasteiger partial charge on any atom is 0.324 e. The number of likely N-dealkylation sites (N-methyl/N-ethyl adjacent to an activating group) is 2. The van der Waals surface area contributed by atoms with Gasteiger partial charge in [-0.3, -0.25) is 9.80 Å². The minimum absolute atomic E-state index is 0.0498. The fourth-order valence-electron chi connectivity index (χ4n) is 3.84. The van der Waals surface area contributed by atoms with Crippen molar-refractivity contribution in [3.05, 3.63) is 47.5 Å². The number of nitrogens with zero attached hydrogens (tertiary/aromatic N) is 4. The van der Waals surface area contributed by atoms with Gasteiger partial charge in [-0.1, -0.05) is 18.2 Å². The molecule has 1 aromatic carbocycles. The molecule has 0 fully saturated rings. The first-order valence-corrected chi connectivity index (χ1v) is 10.2. The first-order valence-electron chi connectivity index (χ1n) is 10.2. The summed E-state index contributed by atoms with van der Waals surface area (Å²) in [5.41, 5.74) is 3.90. The Hall–Kier alpha value is -2.76. The van der Waals surface area contributed by atoms with Gasteiger partial charge in [0.05, 0.1) is 11.4 Å². The average Bonchev–Trinajstić information content (AvgIpc) is 2.73. The van der Waals surface area contributed by atoms with Crippen LogP contribution in [0.3, 0.4) is 0 Å². The molecule has 0 aliphatic carbocycles. The lowest BCUT2D eigenvalue weighted by atomic mass is 10.0. The highest BCUT2D eigenvalue weighted by atomic mass is 16.2. The molecular formula is C22H30N4O2. The second kappa shape index (κ2) is 8.50. The summed E-state index contributed by atoms with van der Waals surface area (Å²) in [4.78, 5) is 32.7. The number of carbonyl (C=O) groups is 2. The van der Waals surface area contributed by atoms with E-state index in [9.17, 15) is 9.59 Å². The summed E-state index contributed by atoms with van der Waals surface area (Å²) in [6.07, 6.45) is 4.23. The minimum atomic E-state index is 0.0498. The van der Waals surface area contributed by atoms with Crippen molar-refractivity contribution in [1.82, 2.24) is 19.6 Å². The third-order valence-electron chi connectivity index (χ3n) is 5.44. The van der Waals surface area contributed by atoms with Crippen molar-refractivity contribution >= 4 is 23.5 Å². The van der Waals surface area contributed by atoms with Gasteiger partial charge in [0.2, 0.25) is 0 Å². The lowest BCUT2D eigenvalue weighted by Gasteiger charge is -2.36. The molecular weight excluding hydrogens is 352 g/mol. The third kappa shape index (κ3) is 3.51. The van der Waals surface area contributed by atoms with Crippen LogP contribution in [0.15, 0.2) is 36.4 Å². The van der Waals surface area contributed by atoms with Gasteiger partial charge in [0.15, 0.2) is 0 Å². The summed E-state index contributed by atoms with van der Waals surface area (Å²) in [6.45, 7) is 11.9. The Balaban J connectivity index is 1.97. The number of amides is 4. The zero-order valence-electron chi connectivity index (χ0n) is 17.3. The SMILES string of the molecule is CCN1CC=C(c2cccc(C3=CCN(CC)C(=O)N3CC)c2)N(CC)C1=O. The van der Waals surface area contributed by atoms with E-state index in [1.54, 1.807) is 0 Å². The Morgan fingerprint density at radius 3 is 1.50 bits per heavy atom. The van der Waals surface area contributed by atoms with Gasteiger partial charge in [-0.25, -0.2) is 9.59 Å². The second-order valence-corrected chi connectivity index (χ2v) is 6.89. The molecule has 6 heteroatoms. The van der Waals surface area contributed by atoms with Crippen molar-refractivity contribution in [3.63, 3.8) is 0 Å². The molecule has 0 N–H and O–H groups in total. The largest absolute Gasteiger partial charge is 0.324 e. The molecule has 0 saturated heterocycles. The van der Waals surface area contributed by atoms with Crippen LogP contribution < -0.4 is 0 Å². The van der Waals surface area contributed by atoms with Crippen molar-refractivity contribution < 1.29 is 9.59 Å². The smallest absolute Gasteiger partial charge is 0.321 e. The zero-order valence-corrected chi connectivity index (χ0v) is 17.3. The molecule has 4 amide bonds. The monoisotopic (exact) mass is 382 g/mol. The van der Waals surface area contributed by atoms with E-state index < -0.39 is 0 Å². The summed E-state index contributed by atoms with van der Waals surface area (Å²) in [7, 11) is 0. The van der Waals surface area contributed by atoms with Gasteiger partial charge in [-0.15, -0.1) is 0 Å². The van der Waals surface area contributed by atoms with E-state index in [0.29, 0.717) is 39.3 Å². The normalized spacial score (nSPS) is 17.9. The fourth-order valence-corrected chi connectivity index (χ4v) is 3.84. The number of benzene rings is 1. The van der Waals surface area contributed by atoms with E-state index in [0.717, 1.165) is 22.5 Å². The highest BCUT2D eigenvalue weighted by molar-refractivity contribution is 5.90. The van der Waals surface area contributed by atoms with Gasteiger partial charge in [0.25, 0.3) is 0 Å². The van der Waals surface area contributed by atoms with Crippen LogP contribution in [0.25, 0.3) is 11.4 Å². The van der Waals surface area contributed by atoms with Crippen LogP contribution in [-0.4, -0.2) is 70.9 Å². The van der Waals surface area contributed by atoms with Crippen LogP contribution in [0.1, 0.15) is 38.8 Å². The average molecular weight is 383 g/mol. The van der Waals surface area contributed by atoms with Crippen LogP contribution in [0.2, 0.25) is 0 Å². The molecule has 2 aliphatic rings. The van der Waals surface area contributed by atoms with Crippen LogP contribution in [0.4, 0.5) is 9.59 Å². The molecule has 150 valence electrons. The predicted molar refractivity (Wildman–Crippen MR) is 112 cm³/mol. The molecule has 0 spiro atoms. The van der Waals surface area contributed by atoms with E-state index in [4.69, 9.17) is 0 Å². The maximum atomic E-state index is 12.7. The summed E-state index contributed by atoms with van der Waals surface area (Å²) in [6, 6.07) is 8.26. The van der Waals surface area contributed by atoms with Gasteiger partial charge in [0, 0.05) is 39.3 Å². The zero-order chi connectivity index (χ0) is 20.3. The molecule has 3 rings (SSSR count). The molecule has 2 aliphatic heterocycles. The van der Waals surface area contributed by atoms with Crippen molar-refractivity contribution in [1.29, 1.82) is 0 Å². The van der Waals surface area contributed by atoms with E-state index in [2.05, 4.69) is 18.2 Å². The van der Waals surface area contributed by atoms with E-state index >= 15 is 0 Å². The molecule has 0 unspecified atom stereocenters. The third-order valence-corrected chi connectivity index (χ3v) is 5.44. The first-order chi connectivity index (χ1) is 13.5. The molecule has 2 heterocycles. The van der Waals surface area contributed by atoms with Crippen LogP contribution in [0, 0.1) is 0 Å².